The molecule has 1 heterocycles. The third kappa shape index (κ3) is 3.96. The van der Waals surface area contributed by atoms with E-state index in [0.717, 1.165) is 5.69 Å². The molecule has 128 valence electrons. The minimum atomic E-state index is -3.16. The van der Waals surface area contributed by atoms with Crippen LogP contribution in [0.15, 0.2) is 24.3 Å². The molecule has 1 aliphatic rings. The van der Waals surface area contributed by atoms with E-state index in [1.165, 1.54) is 4.31 Å². The number of anilines is 2. The molecule has 7 heteroatoms. The molecule has 6 nitrogen and oxygen atoms in total. The van der Waals surface area contributed by atoms with Crippen LogP contribution in [-0.2, 0) is 14.8 Å². The summed E-state index contributed by atoms with van der Waals surface area (Å²) < 4.78 is 25.3. The Morgan fingerprint density at radius 2 is 1.87 bits per heavy atom. The highest BCUT2D eigenvalue weighted by molar-refractivity contribution is 7.93. The number of amides is 1. The van der Waals surface area contributed by atoms with Gasteiger partial charge in [-0.3, -0.25) is 9.10 Å². The molecule has 0 aliphatic carbocycles. The summed E-state index contributed by atoms with van der Waals surface area (Å²) in [6, 6.07) is 6.86. The van der Waals surface area contributed by atoms with E-state index in [1.54, 1.807) is 17.0 Å². The Hall–Kier alpha value is -1.76. The molecule has 1 atom stereocenters. The van der Waals surface area contributed by atoms with Crippen LogP contribution in [0.2, 0.25) is 0 Å². The zero-order chi connectivity index (χ0) is 17.0. The van der Waals surface area contributed by atoms with Gasteiger partial charge in [0.15, 0.2) is 0 Å². The summed E-state index contributed by atoms with van der Waals surface area (Å²) in [5, 5.41) is 3.17. The molecule has 1 saturated heterocycles. The first kappa shape index (κ1) is 17.6. The van der Waals surface area contributed by atoms with E-state index in [2.05, 4.69) is 5.32 Å². The zero-order valence-corrected chi connectivity index (χ0v) is 14.8. The Balaban J connectivity index is 2.04. The normalized spacial score (nSPS) is 17.8. The first-order chi connectivity index (χ1) is 10.9. The van der Waals surface area contributed by atoms with Gasteiger partial charge in [-0.1, -0.05) is 0 Å². The minimum Gasteiger partial charge on any atom is -0.374 e. The van der Waals surface area contributed by atoms with E-state index in [9.17, 15) is 13.2 Å². The van der Waals surface area contributed by atoms with E-state index in [-0.39, 0.29) is 17.7 Å². The molecule has 23 heavy (non-hydrogen) atoms. The van der Waals surface area contributed by atoms with Gasteiger partial charge in [0.25, 0.3) is 0 Å². The fourth-order valence-electron chi connectivity index (χ4n) is 2.77. The second-order valence-electron chi connectivity index (χ2n) is 5.67. The molecule has 1 N–H and O–H groups in total. The Morgan fingerprint density at radius 1 is 1.26 bits per heavy atom. The molecular weight excluding hydrogens is 314 g/mol. The van der Waals surface area contributed by atoms with Crippen molar-refractivity contribution in [3.05, 3.63) is 24.3 Å². The third-order valence-electron chi connectivity index (χ3n) is 4.08. The second-order valence-corrected chi connectivity index (χ2v) is 7.68. The number of nitrogens with one attached hydrogen (secondary N) is 1. The lowest BCUT2D eigenvalue weighted by atomic mass is 10.2. The highest BCUT2D eigenvalue weighted by Crippen LogP contribution is 2.25. The number of hydrogen-bond acceptors (Lipinski definition) is 4. The van der Waals surface area contributed by atoms with Crippen LogP contribution in [0, 0.1) is 0 Å². The SMILES string of the molecule is CCN(CC)C(=O)[C@H](C)Nc1ccc(N2CCCS2(=O)=O)cc1. The van der Waals surface area contributed by atoms with Gasteiger partial charge in [-0.25, -0.2) is 8.42 Å². The van der Waals surface area contributed by atoms with E-state index in [0.29, 0.717) is 31.7 Å². The van der Waals surface area contributed by atoms with E-state index in [1.807, 2.05) is 32.9 Å². The lowest BCUT2D eigenvalue weighted by Gasteiger charge is -2.24. The zero-order valence-electron chi connectivity index (χ0n) is 13.9. The van der Waals surface area contributed by atoms with Gasteiger partial charge in [-0.2, -0.15) is 0 Å². The van der Waals surface area contributed by atoms with Gasteiger partial charge >= 0.3 is 0 Å². The number of likely N-dealkylation sites (N-methyl/N-ethyl adjacent to an activating group) is 1. The first-order valence-corrected chi connectivity index (χ1v) is 9.65. The first-order valence-electron chi connectivity index (χ1n) is 8.04. The van der Waals surface area contributed by atoms with Crippen LogP contribution in [0.25, 0.3) is 0 Å². The molecule has 1 aromatic rings. The Kier molecular flexibility index (Phi) is 5.51. The van der Waals surface area contributed by atoms with Gasteiger partial charge in [-0.05, 0) is 51.5 Å². The van der Waals surface area contributed by atoms with Crippen LogP contribution in [0.4, 0.5) is 11.4 Å². The Morgan fingerprint density at radius 3 is 2.35 bits per heavy atom. The number of carbonyl (C=O) groups excluding carboxylic acids is 1. The molecule has 0 saturated carbocycles. The summed E-state index contributed by atoms with van der Waals surface area (Å²) in [5.41, 5.74) is 1.48. The fraction of sp³-hybridized carbons (Fsp3) is 0.562. The smallest absolute Gasteiger partial charge is 0.244 e. The largest absolute Gasteiger partial charge is 0.374 e. The van der Waals surface area contributed by atoms with Crippen molar-refractivity contribution in [2.24, 2.45) is 0 Å². The standard InChI is InChI=1S/C16H25N3O3S/c1-4-18(5-2)16(20)13(3)17-14-7-9-15(10-8-14)19-11-6-12-23(19,21)22/h7-10,13,17H,4-6,11-12H2,1-3H3/t13-/m0/s1. The summed E-state index contributed by atoms with van der Waals surface area (Å²) in [6.45, 7) is 7.66. The molecule has 0 aromatic heterocycles. The lowest BCUT2D eigenvalue weighted by Crippen LogP contribution is -2.41. The van der Waals surface area contributed by atoms with Gasteiger partial charge < -0.3 is 10.2 Å². The summed E-state index contributed by atoms with van der Waals surface area (Å²) in [6.07, 6.45) is 0.664. The van der Waals surface area contributed by atoms with Crippen molar-refractivity contribution in [2.45, 2.75) is 33.2 Å². The maximum atomic E-state index is 12.2. The van der Waals surface area contributed by atoms with Crippen molar-refractivity contribution in [3.63, 3.8) is 0 Å². The molecule has 1 amide bonds. The molecule has 0 bridgehead atoms. The van der Waals surface area contributed by atoms with Gasteiger partial charge in [0.05, 0.1) is 11.4 Å². The van der Waals surface area contributed by atoms with Gasteiger partial charge in [-0.15, -0.1) is 0 Å². The van der Waals surface area contributed by atoms with E-state index in [4.69, 9.17) is 0 Å². The summed E-state index contributed by atoms with van der Waals surface area (Å²) in [4.78, 5) is 14.0. The second kappa shape index (κ2) is 7.21. The van der Waals surface area contributed by atoms with Crippen molar-refractivity contribution in [1.29, 1.82) is 0 Å². The predicted octanol–water partition coefficient (Wildman–Crippen LogP) is 1.90. The van der Waals surface area contributed by atoms with Crippen LogP contribution in [0.5, 0.6) is 0 Å². The van der Waals surface area contributed by atoms with Gasteiger partial charge in [0.1, 0.15) is 6.04 Å². The molecule has 2 rings (SSSR count). The molecule has 1 aliphatic heterocycles. The van der Waals surface area contributed by atoms with E-state index < -0.39 is 10.0 Å². The maximum Gasteiger partial charge on any atom is 0.244 e. The van der Waals surface area contributed by atoms with Crippen molar-refractivity contribution in [3.8, 4) is 0 Å². The van der Waals surface area contributed by atoms with Crippen LogP contribution in [0.3, 0.4) is 0 Å². The summed E-state index contributed by atoms with van der Waals surface area (Å²) in [7, 11) is -3.16. The van der Waals surface area contributed by atoms with Crippen LogP contribution in [-0.4, -0.2) is 50.7 Å². The monoisotopic (exact) mass is 339 g/mol. The molecule has 0 spiro atoms. The van der Waals surface area contributed by atoms with E-state index >= 15 is 0 Å². The predicted molar refractivity (Wildman–Crippen MR) is 93.2 cm³/mol. The highest BCUT2D eigenvalue weighted by atomic mass is 32.2. The van der Waals surface area contributed by atoms with Crippen LogP contribution in [0.1, 0.15) is 27.2 Å². The quantitative estimate of drug-likeness (QED) is 0.859. The number of benzene rings is 1. The summed E-state index contributed by atoms with van der Waals surface area (Å²) >= 11 is 0. The Bertz CT molecular complexity index is 639. The molecule has 0 unspecified atom stereocenters. The van der Waals surface area contributed by atoms with Crippen molar-refractivity contribution >= 4 is 27.3 Å². The van der Waals surface area contributed by atoms with Crippen molar-refractivity contribution in [1.82, 2.24) is 4.90 Å². The van der Waals surface area contributed by atoms with Gasteiger partial charge in [0, 0.05) is 25.3 Å². The Labute approximate surface area is 138 Å². The molecule has 0 radical (unpaired) electrons. The number of nitrogens with zero attached hydrogens (tertiary/aromatic N) is 2. The maximum absolute atomic E-state index is 12.2. The highest BCUT2D eigenvalue weighted by Gasteiger charge is 2.28. The summed E-state index contributed by atoms with van der Waals surface area (Å²) in [5.74, 6) is 0.267. The number of carbonyl (C=O) groups is 1. The average Bonchev–Trinajstić information content (AvgIpc) is 2.88. The van der Waals surface area contributed by atoms with Gasteiger partial charge in [0.2, 0.25) is 15.9 Å². The third-order valence-corrected chi connectivity index (χ3v) is 5.95. The van der Waals surface area contributed by atoms with Crippen LogP contribution < -0.4 is 9.62 Å². The van der Waals surface area contributed by atoms with Crippen molar-refractivity contribution < 1.29 is 13.2 Å². The number of sulfonamides is 1. The topological polar surface area (TPSA) is 69.7 Å². The minimum absolute atomic E-state index is 0.0567. The van der Waals surface area contributed by atoms with Crippen molar-refractivity contribution in [2.75, 3.05) is 35.0 Å². The molecular formula is C16H25N3O3S. The number of hydrogen-bond donors (Lipinski definition) is 1. The van der Waals surface area contributed by atoms with Crippen LogP contribution >= 0.6 is 0 Å². The number of rotatable bonds is 6. The molecule has 1 fully saturated rings. The fourth-order valence-corrected chi connectivity index (χ4v) is 4.34. The molecule has 1 aromatic carbocycles. The average molecular weight is 339 g/mol. The lowest BCUT2D eigenvalue weighted by molar-refractivity contribution is -0.131.